The molecule has 16 nitrogen and oxygen atoms in total. The summed E-state index contributed by atoms with van der Waals surface area (Å²) in [5.41, 5.74) is 5.24. The number of aryl methyl sites for hydroxylation is 1. The Bertz CT molecular complexity index is 3000. The van der Waals surface area contributed by atoms with E-state index < -0.39 is 11.6 Å². The van der Waals surface area contributed by atoms with Crippen LogP contribution in [0.5, 0.6) is 0 Å². The number of thioether (sulfide) groups is 1. The van der Waals surface area contributed by atoms with Crippen molar-refractivity contribution in [2.45, 2.75) is 141 Å². The number of imide groups is 1. The third-order valence-corrected chi connectivity index (χ3v) is 17.7. The number of rotatable bonds is 16. The van der Waals surface area contributed by atoms with Gasteiger partial charge in [0.15, 0.2) is 5.17 Å². The number of hydrogen-bond donors (Lipinski definition) is 1. The van der Waals surface area contributed by atoms with Crippen molar-refractivity contribution < 1.29 is 28.8 Å². The maximum atomic E-state index is 15.2. The molecule has 4 aromatic rings. The highest BCUT2D eigenvalue weighted by molar-refractivity contribution is 8.18. The van der Waals surface area contributed by atoms with Crippen LogP contribution in [0, 0.1) is 11.8 Å². The van der Waals surface area contributed by atoms with E-state index in [4.69, 9.17) is 16.6 Å². The number of allylic oxidation sites excluding steroid dienone is 1. The number of carbonyl (C=O) groups is 6. The maximum absolute atomic E-state index is 15.2. The zero-order valence-electron chi connectivity index (χ0n) is 44.6. The number of aromatic nitrogens is 3. The number of nitrogens with zero attached hydrogens (tertiary/aromatic N) is 9. The molecule has 0 spiro atoms. The van der Waals surface area contributed by atoms with Gasteiger partial charge in [0.2, 0.25) is 29.5 Å². The van der Waals surface area contributed by atoms with Crippen molar-refractivity contribution in [2.24, 2.45) is 16.8 Å². The molecule has 7 atom stereocenters. The highest BCUT2D eigenvalue weighted by atomic mass is 35.5. The Balaban J connectivity index is 0.715. The normalized spacial score (nSPS) is 25.3. The van der Waals surface area contributed by atoms with Crippen LogP contribution in [0.25, 0.3) is 0 Å². The van der Waals surface area contributed by atoms with Gasteiger partial charge in [0.25, 0.3) is 5.91 Å². The second-order valence-corrected chi connectivity index (χ2v) is 23.3. The molecule has 0 bridgehead atoms. The third kappa shape index (κ3) is 11.0. The van der Waals surface area contributed by atoms with Crippen LogP contribution in [-0.4, -0.2) is 124 Å². The van der Waals surface area contributed by atoms with Gasteiger partial charge in [-0.25, -0.2) is 9.67 Å². The number of hydrogen-bond acceptors (Lipinski definition) is 11. The zero-order chi connectivity index (χ0) is 54.1. The fourth-order valence-electron chi connectivity index (χ4n) is 12.3. The van der Waals surface area contributed by atoms with Gasteiger partial charge in [-0.3, -0.25) is 34.1 Å². The molecular weight excluding hydrogens is 1010 g/mol. The van der Waals surface area contributed by atoms with E-state index in [9.17, 15) is 24.0 Å². The van der Waals surface area contributed by atoms with Gasteiger partial charge < -0.3 is 24.5 Å². The topological polar surface area (TPSA) is 174 Å². The molecule has 1 aromatic heterocycles. The molecule has 6 aliphatic heterocycles. The Hall–Kier alpha value is -6.59. The van der Waals surface area contributed by atoms with E-state index >= 15 is 4.79 Å². The molecule has 3 aromatic carbocycles. The van der Waals surface area contributed by atoms with Crippen LogP contribution in [0.2, 0.25) is 5.02 Å². The predicted molar refractivity (Wildman–Crippen MR) is 296 cm³/mol. The summed E-state index contributed by atoms with van der Waals surface area (Å²) in [5.74, 6) is -1.17. The lowest BCUT2D eigenvalue weighted by Crippen LogP contribution is -2.59. The van der Waals surface area contributed by atoms with Crippen LogP contribution < -0.4 is 5.32 Å². The highest BCUT2D eigenvalue weighted by Crippen LogP contribution is 2.56. The zero-order valence-corrected chi connectivity index (χ0v) is 46.2. The second-order valence-electron chi connectivity index (χ2n) is 21.9. The van der Waals surface area contributed by atoms with Crippen LogP contribution in [0.15, 0.2) is 113 Å². The Labute approximate surface area is 460 Å². The number of amides is 6. The summed E-state index contributed by atoms with van der Waals surface area (Å²) >= 11 is 7.81. The summed E-state index contributed by atoms with van der Waals surface area (Å²) in [7, 11) is 0. The molecule has 0 saturated carbocycles. The minimum Gasteiger partial charge on any atom is -0.337 e. The minimum atomic E-state index is -0.767. The lowest BCUT2D eigenvalue weighted by atomic mass is 9.81. The van der Waals surface area contributed by atoms with E-state index in [-0.39, 0.29) is 78.0 Å². The first-order chi connectivity index (χ1) is 37.1. The molecule has 6 amide bonds. The summed E-state index contributed by atoms with van der Waals surface area (Å²) < 4.78 is 1.53. The Morgan fingerprint density at radius 1 is 0.883 bits per heavy atom. The van der Waals surface area contributed by atoms with Crippen LogP contribution in [0.1, 0.15) is 126 Å². The van der Waals surface area contributed by atoms with Crippen LogP contribution in [0.3, 0.4) is 0 Å². The van der Waals surface area contributed by atoms with Gasteiger partial charge in [-0.05, 0) is 111 Å². The van der Waals surface area contributed by atoms with Crippen molar-refractivity contribution in [2.75, 3.05) is 26.2 Å². The van der Waals surface area contributed by atoms with Gasteiger partial charge in [-0.2, -0.15) is 0 Å². The molecule has 0 aliphatic carbocycles. The molecule has 10 rings (SSSR count). The van der Waals surface area contributed by atoms with E-state index in [1.807, 2.05) is 83.2 Å². The van der Waals surface area contributed by atoms with Gasteiger partial charge in [-0.1, -0.05) is 116 Å². The number of halogens is 1. The number of fused-ring (bicyclic) bond motifs is 1. The number of benzene rings is 3. The quantitative estimate of drug-likeness (QED) is 0.0656. The Morgan fingerprint density at radius 2 is 1.64 bits per heavy atom. The lowest BCUT2D eigenvalue weighted by molar-refractivity contribution is -0.147. The van der Waals surface area contributed by atoms with E-state index in [1.54, 1.807) is 11.1 Å². The largest absolute Gasteiger partial charge is 0.337 e. The summed E-state index contributed by atoms with van der Waals surface area (Å²) in [6, 6.07) is 25.2. The Kier molecular flexibility index (Phi) is 15.9. The van der Waals surface area contributed by atoms with Gasteiger partial charge in [-0.15, -0.1) is 5.10 Å². The number of unbranched alkanes of at least 4 members (excludes halogenated alkanes) is 1. The smallest absolute Gasteiger partial charge is 0.263 e. The number of likely N-dealkylation sites (tertiary alicyclic amines) is 1. The molecule has 2 unspecified atom stereocenters. The highest BCUT2D eigenvalue weighted by Gasteiger charge is 2.54. The van der Waals surface area contributed by atoms with Gasteiger partial charge >= 0.3 is 0 Å². The van der Waals surface area contributed by atoms with Crippen molar-refractivity contribution >= 4 is 64.0 Å². The second kappa shape index (κ2) is 22.8. The van der Waals surface area contributed by atoms with Gasteiger partial charge in [0.1, 0.15) is 23.0 Å². The van der Waals surface area contributed by atoms with Crippen LogP contribution in [0.4, 0.5) is 0 Å². The van der Waals surface area contributed by atoms with E-state index in [1.165, 1.54) is 22.0 Å². The van der Waals surface area contributed by atoms with Crippen molar-refractivity contribution in [1.29, 1.82) is 0 Å². The number of piperidine rings is 1. The molecule has 77 heavy (non-hydrogen) atoms. The molecule has 1 N–H and O–H groups in total. The Morgan fingerprint density at radius 3 is 2.35 bits per heavy atom. The summed E-state index contributed by atoms with van der Waals surface area (Å²) in [6.45, 7) is 12.3. The van der Waals surface area contributed by atoms with E-state index in [2.05, 4.69) is 77.7 Å². The minimum absolute atomic E-state index is 0.0308. The number of aliphatic imine (C=N–C) groups is 1. The fourth-order valence-corrected chi connectivity index (χ4v) is 13.8. The first kappa shape index (κ1) is 53.8. The van der Waals surface area contributed by atoms with Crippen LogP contribution in [-0.2, 0) is 53.7 Å². The van der Waals surface area contributed by atoms with Gasteiger partial charge in [0, 0.05) is 74.3 Å². The number of amidine groups is 1. The first-order valence-corrected chi connectivity index (χ1v) is 28.6. The standard InChI is InChI=1S/C59H69ClN10O6S/c1-6-46-27-28-48(69(46)57(76)53-52(37(2)3)70-54(41-22-25-44(60)26-23-41)59(5,62-58(70)77-53)43-14-8-7-9-15-43)56(75)65-31-32-67(38(4)34-65)50(72)17-11-10-13-39-18-20-40(21-19-39)47-16-12-30-68(47)51(73)36-66-35-45(63-64-66)33-42-24-29-49(71)61-55(42)74/h7-9,14-15,18-23,25-28,35,37-38,42,46-48,54H,6,10-13,16-17,24,29-34,36H2,1-5H3,(H,61,71,74)/t38-,42?,46-,47?,48+,54-,59+/m1/s1. The first-order valence-electron chi connectivity index (χ1n) is 27.4. The van der Waals surface area contributed by atoms with Crippen LogP contribution >= 0.6 is 23.4 Å². The third-order valence-electron chi connectivity index (χ3n) is 16.4. The summed E-state index contributed by atoms with van der Waals surface area (Å²) in [4.78, 5) is 96.5. The molecule has 18 heteroatoms. The number of piperazine rings is 1. The van der Waals surface area contributed by atoms with Gasteiger partial charge in [0.05, 0.1) is 23.8 Å². The maximum Gasteiger partial charge on any atom is 0.263 e. The van der Waals surface area contributed by atoms with E-state index in [0.29, 0.717) is 73.9 Å². The lowest BCUT2D eigenvalue weighted by Gasteiger charge is -2.42. The summed E-state index contributed by atoms with van der Waals surface area (Å²) in [6.07, 6.45) is 12.0. The van der Waals surface area contributed by atoms with Crippen molar-refractivity contribution in [3.05, 3.63) is 141 Å². The average molecular weight is 1080 g/mol. The van der Waals surface area contributed by atoms with Crippen molar-refractivity contribution in [3.63, 3.8) is 0 Å². The van der Waals surface area contributed by atoms with E-state index in [0.717, 1.165) is 59.7 Å². The molecule has 7 heterocycles. The fraction of sp³-hybridized carbons (Fsp3) is 0.475. The molecule has 6 aliphatic rings. The van der Waals surface area contributed by atoms with Crippen molar-refractivity contribution in [3.8, 4) is 0 Å². The predicted octanol–water partition coefficient (Wildman–Crippen LogP) is 8.15. The molecule has 0 radical (unpaired) electrons. The molecule has 404 valence electrons. The molecule has 3 fully saturated rings. The van der Waals surface area contributed by atoms with Crippen molar-refractivity contribution in [1.82, 2.24) is 44.8 Å². The summed E-state index contributed by atoms with van der Waals surface area (Å²) in [5, 5.41) is 12.1. The number of nitrogens with one attached hydrogen (secondary N) is 1. The molecular formula is C59H69ClN10O6S. The SMILES string of the molecule is CC[C@@H]1C=C[C@@H](C(=O)N2CCN(C(=O)CCCCc3ccc(C4CCCN4C(=O)Cn4cc(CC5CCC(=O)NC5=O)nn4)cc3)[C@H](C)C2)N1C(=O)C1=C(C(C)C)N2C(=N[C@@](C)(c3ccccc3)[C@H]2c2ccc(Cl)cc2)S1. The molecule has 3 saturated heterocycles. The number of carbonyl (C=O) groups excluding carboxylic acids is 6. The average Bonchev–Trinajstić information content (AvgIpc) is 4.28. The monoisotopic (exact) mass is 1080 g/mol.